The third-order valence-corrected chi connectivity index (χ3v) is 7.52. The maximum absolute atomic E-state index is 12.1. The normalized spacial score (nSPS) is 28.1. The van der Waals surface area contributed by atoms with Crippen LogP contribution in [0, 0.1) is 0 Å². The van der Waals surface area contributed by atoms with Gasteiger partial charge in [-0.3, -0.25) is 4.79 Å². The van der Waals surface area contributed by atoms with Gasteiger partial charge in [-0.05, 0) is 11.6 Å². The van der Waals surface area contributed by atoms with Crippen molar-refractivity contribution in [2.75, 3.05) is 18.6 Å². The first-order chi connectivity index (χ1) is 10.4. The van der Waals surface area contributed by atoms with Gasteiger partial charge in [0.1, 0.15) is 0 Å². The third-order valence-electron chi connectivity index (χ3n) is 3.85. The van der Waals surface area contributed by atoms with Crippen LogP contribution in [-0.2, 0) is 21.1 Å². The molecule has 2 aliphatic heterocycles. The second-order valence-corrected chi connectivity index (χ2v) is 9.24. The number of halogens is 1. The molecule has 0 radical (unpaired) electrons. The number of sulfone groups is 1. The highest BCUT2D eigenvalue weighted by molar-refractivity contribution is 8.15. The molecule has 2 aliphatic rings. The Labute approximate surface area is 138 Å². The molecule has 22 heavy (non-hydrogen) atoms. The molecule has 5 nitrogen and oxygen atoms in total. The summed E-state index contributed by atoms with van der Waals surface area (Å²) in [5, 5.41) is 1.12. The van der Waals surface area contributed by atoms with Gasteiger partial charge in [0.2, 0.25) is 0 Å². The average Bonchev–Trinajstić information content (AvgIpc) is 2.87. The summed E-state index contributed by atoms with van der Waals surface area (Å²) in [6.07, 6.45) is 0.144. The highest BCUT2D eigenvalue weighted by atomic mass is 35.5. The Balaban J connectivity index is 1.72. The SMILES string of the molecule is CN1C(=NC(=O)Cc2ccccc2Cl)S[C@@H]2CS(=O)(=O)C[C@@H]21. The number of nitrogens with zero attached hydrogens (tertiary/aromatic N) is 2. The summed E-state index contributed by atoms with van der Waals surface area (Å²) in [6, 6.07) is 7.09. The molecular weight excluding hydrogens is 344 g/mol. The Kier molecular flexibility index (Phi) is 4.22. The molecule has 1 aromatic rings. The number of amides is 1. The lowest BCUT2D eigenvalue weighted by Gasteiger charge is -2.17. The number of hydrogen-bond acceptors (Lipinski definition) is 4. The molecule has 0 saturated carbocycles. The van der Waals surface area contributed by atoms with Crippen LogP contribution in [0.15, 0.2) is 29.3 Å². The van der Waals surface area contributed by atoms with Crippen LogP contribution in [0.4, 0.5) is 0 Å². The van der Waals surface area contributed by atoms with Gasteiger partial charge in [-0.15, -0.1) is 0 Å². The highest BCUT2D eigenvalue weighted by Crippen LogP contribution is 2.37. The number of rotatable bonds is 2. The van der Waals surface area contributed by atoms with E-state index in [1.54, 1.807) is 19.2 Å². The number of thioether (sulfide) groups is 1. The molecular formula is C14H15ClN2O3S2. The molecule has 2 saturated heterocycles. The Bertz CT molecular complexity index is 748. The lowest BCUT2D eigenvalue weighted by Crippen LogP contribution is -2.34. The van der Waals surface area contributed by atoms with Gasteiger partial charge < -0.3 is 4.90 Å². The maximum Gasteiger partial charge on any atom is 0.252 e. The number of benzene rings is 1. The third kappa shape index (κ3) is 3.16. The van der Waals surface area contributed by atoms with E-state index in [2.05, 4.69) is 4.99 Å². The summed E-state index contributed by atoms with van der Waals surface area (Å²) in [5.41, 5.74) is 0.743. The zero-order valence-corrected chi connectivity index (χ0v) is 14.3. The number of carbonyl (C=O) groups is 1. The molecule has 0 aliphatic carbocycles. The van der Waals surface area contributed by atoms with Crippen LogP contribution in [0.25, 0.3) is 0 Å². The van der Waals surface area contributed by atoms with Gasteiger partial charge in [0.25, 0.3) is 5.91 Å². The molecule has 0 spiro atoms. The number of carbonyl (C=O) groups excluding carboxylic acids is 1. The lowest BCUT2D eigenvalue weighted by atomic mass is 10.1. The Morgan fingerprint density at radius 2 is 2.14 bits per heavy atom. The summed E-state index contributed by atoms with van der Waals surface area (Å²) >= 11 is 7.42. The van der Waals surface area contributed by atoms with E-state index in [4.69, 9.17) is 11.6 Å². The van der Waals surface area contributed by atoms with E-state index in [1.807, 2.05) is 17.0 Å². The fraction of sp³-hybridized carbons (Fsp3) is 0.429. The first kappa shape index (κ1) is 15.8. The predicted octanol–water partition coefficient (Wildman–Crippen LogP) is 1.61. The Morgan fingerprint density at radius 1 is 1.41 bits per heavy atom. The van der Waals surface area contributed by atoms with Crippen molar-refractivity contribution in [3.05, 3.63) is 34.9 Å². The van der Waals surface area contributed by atoms with E-state index < -0.39 is 9.84 Å². The van der Waals surface area contributed by atoms with E-state index in [-0.39, 0.29) is 35.1 Å². The van der Waals surface area contributed by atoms with Crippen molar-refractivity contribution >= 4 is 44.3 Å². The zero-order valence-electron chi connectivity index (χ0n) is 11.9. The number of amidine groups is 1. The second kappa shape index (κ2) is 5.86. The molecule has 0 unspecified atom stereocenters. The van der Waals surface area contributed by atoms with Crippen LogP contribution in [0.2, 0.25) is 5.02 Å². The number of fused-ring (bicyclic) bond motifs is 1. The fourth-order valence-electron chi connectivity index (χ4n) is 2.69. The predicted molar refractivity (Wildman–Crippen MR) is 89.2 cm³/mol. The lowest BCUT2D eigenvalue weighted by molar-refractivity contribution is -0.117. The van der Waals surface area contributed by atoms with Crippen molar-refractivity contribution in [2.45, 2.75) is 17.7 Å². The van der Waals surface area contributed by atoms with Gasteiger partial charge in [0.05, 0.1) is 24.0 Å². The van der Waals surface area contributed by atoms with Crippen LogP contribution < -0.4 is 0 Å². The first-order valence-corrected chi connectivity index (χ1v) is 9.88. The summed E-state index contributed by atoms with van der Waals surface area (Å²) in [5.74, 6) is 0.0220. The molecule has 118 valence electrons. The Morgan fingerprint density at radius 3 is 2.82 bits per heavy atom. The van der Waals surface area contributed by atoms with Crippen LogP contribution in [-0.4, -0.2) is 54.2 Å². The second-order valence-electron chi connectivity index (χ2n) is 5.47. The minimum atomic E-state index is -2.96. The molecule has 0 N–H and O–H groups in total. The minimum absolute atomic E-state index is 0.0261. The van der Waals surface area contributed by atoms with Crippen molar-refractivity contribution in [1.82, 2.24) is 4.90 Å². The van der Waals surface area contributed by atoms with Gasteiger partial charge in [-0.2, -0.15) is 4.99 Å². The molecule has 2 atom stereocenters. The molecule has 0 bridgehead atoms. The number of aliphatic imine (C=N–C) groups is 1. The average molecular weight is 359 g/mol. The van der Waals surface area contributed by atoms with E-state index in [0.29, 0.717) is 10.2 Å². The smallest absolute Gasteiger partial charge is 0.252 e. The topological polar surface area (TPSA) is 66.8 Å². The van der Waals surface area contributed by atoms with Crippen molar-refractivity contribution in [2.24, 2.45) is 4.99 Å². The van der Waals surface area contributed by atoms with E-state index in [1.165, 1.54) is 11.8 Å². The van der Waals surface area contributed by atoms with Crippen LogP contribution in [0.5, 0.6) is 0 Å². The van der Waals surface area contributed by atoms with Crippen LogP contribution in [0.3, 0.4) is 0 Å². The van der Waals surface area contributed by atoms with Gasteiger partial charge in [-0.25, -0.2) is 8.42 Å². The van der Waals surface area contributed by atoms with Crippen molar-refractivity contribution in [3.8, 4) is 0 Å². The molecule has 2 fully saturated rings. The molecule has 1 amide bonds. The fourth-order valence-corrected chi connectivity index (χ4v) is 6.90. The van der Waals surface area contributed by atoms with Gasteiger partial charge in [0, 0.05) is 17.3 Å². The monoisotopic (exact) mass is 358 g/mol. The van der Waals surface area contributed by atoms with Crippen LogP contribution in [0.1, 0.15) is 5.56 Å². The van der Waals surface area contributed by atoms with E-state index in [0.717, 1.165) is 5.56 Å². The zero-order chi connectivity index (χ0) is 15.9. The number of hydrogen-bond donors (Lipinski definition) is 0. The van der Waals surface area contributed by atoms with Crippen molar-refractivity contribution in [1.29, 1.82) is 0 Å². The first-order valence-electron chi connectivity index (χ1n) is 6.80. The molecule has 0 aromatic heterocycles. The maximum atomic E-state index is 12.1. The van der Waals surface area contributed by atoms with Gasteiger partial charge in [-0.1, -0.05) is 41.6 Å². The molecule has 8 heteroatoms. The minimum Gasteiger partial charge on any atom is -0.349 e. The van der Waals surface area contributed by atoms with E-state index >= 15 is 0 Å². The van der Waals surface area contributed by atoms with E-state index in [9.17, 15) is 13.2 Å². The summed E-state index contributed by atoms with van der Waals surface area (Å²) in [6.45, 7) is 0. The summed E-state index contributed by atoms with van der Waals surface area (Å²) < 4.78 is 23.3. The van der Waals surface area contributed by atoms with Gasteiger partial charge in [0.15, 0.2) is 15.0 Å². The molecule has 1 aromatic carbocycles. The Hall–Kier alpha value is -1.05. The van der Waals surface area contributed by atoms with Gasteiger partial charge >= 0.3 is 0 Å². The summed E-state index contributed by atoms with van der Waals surface area (Å²) in [4.78, 5) is 18.1. The summed E-state index contributed by atoms with van der Waals surface area (Å²) in [7, 11) is -1.17. The highest BCUT2D eigenvalue weighted by Gasteiger charge is 2.47. The van der Waals surface area contributed by atoms with Crippen molar-refractivity contribution in [3.63, 3.8) is 0 Å². The quantitative estimate of drug-likeness (QED) is 0.803. The molecule has 3 rings (SSSR count). The largest absolute Gasteiger partial charge is 0.349 e. The van der Waals surface area contributed by atoms with Crippen molar-refractivity contribution < 1.29 is 13.2 Å². The molecule has 2 heterocycles. The standard InChI is InChI=1S/C14H15ClN2O3S2/c1-17-11-7-22(19,20)8-12(11)21-14(17)16-13(18)6-9-4-2-3-5-10(9)15/h2-5,11-12H,6-8H2,1H3/t11-,12+/m0/s1. The van der Waals surface area contributed by atoms with Crippen LogP contribution >= 0.6 is 23.4 Å².